The highest BCUT2D eigenvalue weighted by Gasteiger charge is 2.14. The third kappa shape index (κ3) is 7.21. The van der Waals surface area contributed by atoms with E-state index in [1.807, 2.05) is 12.1 Å². The number of nitrogens with zero attached hydrogens (tertiary/aromatic N) is 1. The number of methoxy groups -OCH3 is 1. The van der Waals surface area contributed by atoms with Crippen LogP contribution in [0.2, 0.25) is 10.0 Å². The topological polar surface area (TPSA) is 89.0 Å². The van der Waals surface area contributed by atoms with E-state index in [1.54, 1.807) is 48.5 Å². The van der Waals surface area contributed by atoms with Crippen LogP contribution in [0.5, 0.6) is 11.5 Å². The van der Waals surface area contributed by atoms with E-state index in [-0.39, 0.29) is 0 Å². The summed E-state index contributed by atoms with van der Waals surface area (Å²) in [6.45, 7) is 0.318. The number of hydrogen-bond donors (Lipinski definition) is 2. The number of ether oxygens (including phenoxy) is 2. The lowest BCUT2D eigenvalue weighted by atomic mass is 10.2. The number of anilines is 1. The minimum atomic E-state index is -0.921. The fraction of sp³-hybridized carbons (Fsp3) is 0.0870. The summed E-state index contributed by atoms with van der Waals surface area (Å²) in [6.07, 6.45) is 1.38. The Kier molecular flexibility index (Phi) is 8.71. The Morgan fingerprint density at radius 2 is 1.64 bits per heavy atom. The van der Waals surface area contributed by atoms with Crippen molar-refractivity contribution < 1.29 is 19.1 Å². The summed E-state index contributed by atoms with van der Waals surface area (Å²) >= 11 is 15.2. The van der Waals surface area contributed by atoms with Crippen LogP contribution in [0.15, 0.2) is 70.2 Å². The summed E-state index contributed by atoms with van der Waals surface area (Å²) in [4.78, 5) is 23.9. The van der Waals surface area contributed by atoms with E-state index < -0.39 is 11.8 Å². The highest BCUT2D eigenvalue weighted by Crippen LogP contribution is 2.36. The van der Waals surface area contributed by atoms with Gasteiger partial charge in [0.05, 0.1) is 17.8 Å². The highest BCUT2D eigenvalue weighted by atomic mass is 79.9. The zero-order chi connectivity index (χ0) is 23.8. The second-order valence-corrected chi connectivity index (χ2v) is 8.34. The molecular formula is C23H18BrCl2N3O4. The average Bonchev–Trinajstić information content (AvgIpc) is 2.80. The monoisotopic (exact) mass is 549 g/mol. The Labute approximate surface area is 208 Å². The number of rotatable bonds is 7. The summed E-state index contributed by atoms with van der Waals surface area (Å²) < 4.78 is 11.9. The maximum atomic E-state index is 12.0. The van der Waals surface area contributed by atoms with Gasteiger partial charge in [-0.05, 0) is 75.6 Å². The molecule has 0 fully saturated rings. The number of carbonyl (C=O) groups is 2. The molecule has 3 aromatic rings. The Balaban J connectivity index is 1.61. The largest absolute Gasteiger partial charge is 0.493 e. The molecule has 0 spiro atoms. The molecule has 0 heterocycles. The molecule has 2 N–H and O–H groups in total. The molecule has 170 valence electrons. The van der Waals surface area contributed by atoms with E-state index >= 15 is 0 Å². The van der Waals surface area contributed by atoms with E-state index in [0.717, 1.165) is 5.56 Å². The number of carbonyl (C=O) groups excluding carboxylic acids is 2. The van der Waals surface area contributed by atoms with Crippen molar-refractivity contribution in [3.63, 3.8) is 0 Å². The predicted octanol–water partition coefficient (Wildman–Crippen LogP) is 5.43. The van der Waals surface area contributed by atoms with Crippen LogP contribution < -0.4 is 20.2 Å². The zero-order valence-corrected chi connectivity index (χ0v) is 20.4. The molecular weight excluding hydrogens is 533 g/mol. The number of hydrogen-bond acceptors (Lipinski definition) is 5. The van der Waals surface area contributed by atoms with Gasteiger partial charge in [0.1, 0.15) is 6.61 Å². The molecule has 2 amide bonds. The van der Waals surface area contributed by atoms with Gasteiger partial charge in [0.25, 0.3) is 0 Å². The quantitative estimate of drug-likeness (QED) is 0.233. The molecule has 33 heavy (non-hydrogen) atoms. The molecule has 0 unspecified atom stereocenters. The first-order valence-corrected chi connectivity index (χ1v) is 11.1. The molecule has 7 nitrogen and oxygen atoms in total. The van der Waals surface area contributed by atoms with Gasteiger partial charge >= 0.3 is 11.8 Å². The van der Waals surface area contributed by atoms with Crippen molar-refractivity contribution >= 4 is 62.8 Å². The fourth-order valence-corrected chi connectivity index (χ4v) is 3.45. The first-order valence-electron chi connectivity index (χ1n) is 9.50. The number of hydrazone groups is 1. The van der Waals surface area contributed by atoms with Crippen molar-refractivity contribution in [2.45, 2.75) is 6.61 Å². The van der Waals surface area contributed by atoms with E-state index in [0.29, 0.717) is 43.9 Å². The molecule has 3 rings (SSSR count). The van der Waals surface area contributed by atoms with Crippen molar-refractivity contribution in [2.24, 2.45) is 5.10 Å². The maximum Gasteiger partial charge on any atom is 0.329 e. The van der Waals surface area contributed by atoms with Gasteiger partial charge < -0.3 is 14.8 Å². The molecule has 10 heteroatoms. The molecule has 0 aliphatic rings. The Hall–Kier alpha value is -3.07. The molecule has 0 aromatic heterocycles. The first-order chi connectivity index (χ1) is 15.9. The minimum absolute atomic E-state index is 0.318. The van der Waals surface area contributed by atoms with Gasteiger partial charge in [-0.15, -0.1) is 0 Å². The molecule has 0 atom stereocenters. The normalized spacial score (nSPS) is 10.7. The maximum absolute atomic E-state index is 12.0. The standard InChI is InChI=1S/C23H18BrCl2N3O4/c1-32-20-11-15(10-19(24)21(20)33-13-14-2-4-16(25)5-3-14)12-27-29-23(31)22(30)28-18-8-6-17(26)7-9-18/h2-12H,13H2,1H3,(H,28,30)(H,29,31). The molecule has 0 saturated carbocycles. The SMILES string of the molecule is COc1cc(C=NNC(=O)C(=O)Nc2ccc(Cl)cc2)cc(Br)c1OCc1ccc(Cl)cc1. The van der Waals surface area contributed by atoms with Crippen LogP contribution in [-0.4, -0.2) is 25.1 Å². The average molecular weight is 551 g/mol. The second-order valence-electron chi connectivity index (χ2n) is 6.61. The lowest BCUT2D eigenvalue weighted by Gasteiger charge is -2.13. The van der Waals surface area contributed by atoms with E-state index in [9.17, 15) is 9.59 Å². The third-order valence-corrected chi connectivity index (χ3v) is 5.33. The van der Waals surface area contributed by atoms with Crippen LogP contribution >= 0.6 is 39.1 Å². The number of halogens is 3. The van der Waals surface area contributed by atoms with Gasteiger partial charge in [-0.1, -0.05) is 35.3 Å². The Bertz CT molecular complexity index is 1170. The number of benzene rings is 3. The van der Waals surface area contributed by atoms with Gasteiger partial charge in [-0.2, -0.15) is 5.10 Å². The molecule has 0 aliphatic heterocycles. The van der Waals surface area contributed by atoms with Crippen LogP contribution in [0.3, 0.4) is 0 Å². The smallest absolute Gasteiger partial charge is 0.329 e. The summed E-state index contributed by atoms with van der Waals surface area (Å²) in [7, 11) is 1.51. The Morgan fingerprint density at radius 3 is 2.27 bits per heavy atom. The molecule has 0 aliphatic carbocycles. The van der Waals surface area contributed by atoms with Crippen molar-refractivity contribution in [2.75, 3.05) is 12.4 Å². The Morgan fingerprint density at radius 1 is 1.00 bits per heavy atom. The number of nitrogens with one attached hydrogen (secondary N) is 2. The summed E-state index contributed by atoms with van der Waals surface area (Å²) in [5.74, 6) is -0.808. The lowest BCUT2D eigenvalue weighted by molar-refractivity contribution is -0.136. The number of amides is 2. The van der Waals surface area contributed by atoms with Gasteiger partial charge in [0, 0.05) is 15.7 Å². The van der Waals surface area contributed by atoms with Crippen molar-refractivity contribution in [3.8, 4) is 11.5 Å². The van der Waals surface area contributed by atoms with E-state index in [1.165, 1.54) is 13.3 Å². The summed E-state index contributed by atoms with van der Waals surface area (Å²) in [6, 6.07) is 17.1. The zero-order valence-electron chi connectivity index (χ0n) is 17.3. The van der Waals surface area contributed by atoms with Gasteiger partial charge in [0.2, 0.25) is 0 Å². The van der Waals surface area contributed by atoms with Gasteiger partial charge in [0.15, 0.2) is 11.5 Å². The molecule has 0 radical (unpaired) electrons. The first kappa shape index (κ1) is 24.6. The van der Waals surface area contributed by atoms with Crippen molar-refractivity contribution in [1.82, 2.24) is 5.43 Å². The minimum Gasteiger partial charge on any atom is -0.493 e. The van der Waals surface area contributed by atoms with Gasteiger partial charge in [-0.3, -0.25) is 9.59 Å². The third-order valence-electron chi connectivity index (χ3n) is 4.24. The van der Waals surface area contributed by atoms with Crippen molar-refractivity contribution in [1.29, 1.82) is 0 Å². The highest BCUT2D eigenvalue weighted by molar-refractivity contribution is 9.10. The fourth-order valence-electron chi connectivity index (χ4n) is 2.63. The van der Waals surface area contributed by atoms with Crippen molar-refractivity contribution in [3.05, 3.63) is 86.3 Å². The molecule has 0 bridgehead atoms. The van der Waals surface area contributed by atoms with Crippen LogP contribution in [-0.2, 0) is 16.2 Å². The van der Waals surface area contributed by atoms with E-state index in [2.05, 4.69) is 31.8 Å². The predicted molar refractivity (Wildman–Crippen MR) is 132 cm³/mol. The van der Waals surface area contributed by atoms with Crippen LogP contribution in [0.1, 0.15) is 11.1 Å². The molecule has 0 saturated heterocycles. The van der Waals surface area contributed by atoms with Crippen LogP contribution in [0.4, 0.5) is 5.69 Å². The van der Waals surface area contributed by atoms with Crippen LogP contribution in [0, 0.1) is 0 Å². The van der Waals surface area contributed by atoms with Gasteiger partial charge in [-0.25, -0.2) is 5.43 Å². The molecule has 3 aromatic carbocycles. The van der Waals surface area contributed by atoms with E-state index in [4.69, 9.17) is 32.7 Å². The van der Waals surface area contributed by atoms with Crippen LogP contribution in [0.25, 0.3) is 0 Å². The summed E-state index contributed by atoms with van der Waals surface area (Å²) in [5, 5.41) is 7.45. The lowest BCUT2D eigenvalue weighted by Crippen LogP contribution is -2.32. The summed E-state index contributed by atoms with van der Waals surface area (Å²) in [5.41, 5.74) is 4.17. The second kappa shape index (κ2) is 11.7.